The molecular weight excluding hydrogens is 120 g/mol. The highest BCUT2D eigenvalue weighted by molar-refractivity contribution is 5.32. The minimum Gasteiger partial charge on any atom is -0.0802 e. The molecule has 0 saturated heterocycles. The summed E-state index contributed by atoms with van der Waals surface area (Å²) in [6.07, 6.45) is 6.97. The summed E-state index contributed by atoms with van der Waals surface area (Å²) in [5.41, 5.74) is 3.13. The van der Waals surface area contributed by atoms with Crippen molar-refractivity contribution in [2.45, 2.75) is 33.6 Å². The van der Waals surface area contributed by atoms with E-state index in [1.807, 2.05) is 0 Å². The fraction of sp³-hybridized carbons (Fsp3) is 0.600. The van der Waals surface area contributed by atoms with Crippen molar-refractivity contribution in [3.05, 3.63) is 23.3 Å². The predicted molar refractivity (Wildman–Crippen MR) is 45.9 cm³/mol. The fourth-order valence-corrected chi connectivity index (χ4v) is 1.33. The maximum Gasteiger partial charge on any atom is -0.0133 e. The smallest absolute Gasteiger partial charge is 0.0133 e. The Morgan fingerprint density at radius 1 is 1.50 bits per heavy atom. The lowest BCUT2D eigenvalue weighted by atomic mass is 10.0. The van der Waals surface area contributed by atoms with Crippen LogP contribution in [0.4, 0.5) is 0 Å². The van der Waals surface area contributed by atoms with Crippen molar-refractivity contribution >= 4 is 0 Å². The molecule has 1 aliphatic rings. The van der Waals surface area contributed by atoms with E-state index in [2.05, 4.69) is 32.9 Å². The van der Waals surface area contributed by atoms with Gasteiger partial charge in [0.15, 0.2) is 0 Å². The van der Waals surface area contributed by atoms with Crippen molar-refractivity contribution in [1.82, 2.24) is 0 Å². The Morgan fingerprint density at radius 3 is 2.60 bits per heavy atom. The first-order chi connectivity index (χ1) is 4.70. The number of allylic oxidation sites excluding steroid dienone is 4. The molecule has 0 heterocycles. The van der Waals surface area contributed by atoms with E-state index in [-0.39, 0.29) is 0 Å². The van der Waals surface area contributed by atoms with Crippen molar-refractivity contribution in [2.24, 2.45) is 5.92 Å². The van der Waals surface area contributed by atoms with E-state index in [1.54, 1.807) is 11.1 Å². The van der Waals surface area contributed by atoms with Crippen molar-refractivity contribution in [3.63, 3.8) is 0 Å². The molecule has 0 aromatic carbocycles. The minimum atomic E-state index is 0.799. The molecule has 0 N–H and O–H groups in total. The quantitative estimate of drug-likeness (QED) is 0.546. The molecule has 1 rings (SSSR count). The molecule has 0 saturated carbocycles. The first-order valence-corrected chi connectivity index (χ1v) is 4.05. The van der Waals surface area contributed by atoms with Crippen LogP contribution in [0.2, 0.25) is 0 Å². The molecule has 0 fully saturated rings. The van der Waals surface area contributed by atoms with E-state index in [4.69, 9.17) is 0 Å². The molecule has 0 amide bonds. The Labute approximate surface area is 63.6 Å². The number of hydrogen-bond acceptors (Lipinski definition) is 0. The second-order valence-corrected chi connectivity index (χ2v) is 3.51. The van der Waals surface area contributed by atoms with Crippen LogP contribution in [0.3, 0.4) is 0 Å². The summed E-state index contributed by atoms with van der Waals surface area (Å²) in [7, 11) is 0. The average molecular weight is 136 g/mol. The number of hydrogen-bond donors (Lipinski definition) is 0. The van der Waals surface area contributed by atoms with Crippen molar-refractivity contribution < 1.29 is 0 Å². The minimum absolute atomic E-state index is 0.799. The zero-order chi connectivity index (χ0) is 7.56. The van der Waals surface area contributed by atoms with Crippen molar-refractivity contribution in [2.75, 3.05) is 0 Å². The van der Waals surface area contributed by atoms with Crippen LogP contribution < -0.4 is 0 Å². The maximum atomic E-state index is 2.27. The predicted octanol–water partition coefficient (Wildman–Crippen LogP) is 3.31. The van der Waals surface area contributed by atoms with E-state index in [1.165, 1.54) is 12.8 Å². The zero-order valence-electron chi connectivity index (χ0n) is 7.15. The summed E-state index contributed by atoms with van der Waals surface area (Å²) in [5.74, 6) is 0.799. The van der Waals surface area contributed by atoms with E-state index in [0.29, 0.717) is 0 Å². The summed E-state index contributed by atoms with van der Waals surface area (Å²) >= 11 is 0. The molecule has 56 valence electrons. The Bertz CT molecular complexity index is 170. The average Bonchev–Trinajstić information content (AvgIpc) is 2.15. The van der Waals surface area contributed by atoms with E-state index in [9.17, 15) is 0 Å². The fourth-order valence-electron chi connectivity index (χ4n) is 1.33. The molecule has 0 spiro atoms. The normalized spacial score (nSPS) is 17.6. The lowest BCUT2D eigenvalue weighted by Gasteiger charge is -2.04. The Hall–Kier alpha value is -0.520. The summed E-state index contributed by atoms with van der Waals surface area (Å²) < 4.78 is 0. The molecule has 0 bridgehead atoms. The maximum absolute atomic E-state index is 2.27. The highest BCUT2D eigenvalue weighted by Gasteiger charge is 2.05. The van der Waals surface area contributed by atoms with Crippen LogP contribution in [0, 0.1) is 5.92 Å². The van der Waals surface area contributed by atoms with Gasteiger partial charge >= 0.3 is 0 Å². The SMILES string of the molecule is CC1=C(CC(C)C)C=CC1. The van der Waals surface area contributed by atoms with Gasteiger partial charge in [0.25, 0.3) is 0 Å². The molecule has 0 radical (unpaired) electrons. The first kappa shape index (κ1) is 7.59. The Balaban J connectivity index is 2.54. The second-order valence-electron chi connectivity index (χ2n) is 3.51. The van der Waals surface area contributed by atoms with Gasteiger partial charge < -0.3 is 0 Å². The van der Waals surface area contributed by atoms with E-state index in [0.717, 1.165) is 5.92 Å². The molecule has 0 aliphatic heterocycles. The molecule has 10 heavy (non-hydrogen) atoms. The van der Waals surface area contributed by atoms with E-state index < -0.39 is 0 Å². The lowest BCUT2D eigenvalue weighted by molar-refractivity contribution is 0.647. The van der Waals surface area contributed by atoms with Gasteiger partial charge in [-0.25, -0.2) is 0 Å². The van der Waals surface area contributed by atoms with Gasteiger partial charge in [-0.05, 0) is 31.3 Å². The Morgan fingerprint density at radius 2 is 2.20 bits per heavy atom. The lowest BCUT2D eigenvalue weighted by Crippen LogP contribution is -1.89. The summed E-state index contributed by atoms with van der Waals surface area (Å²) in [6.45, 7) is 6.77. The summed E-state index contributed by atoms with van der Waals surface area (Å²) in [6, 6.07) is 0. The molecule has 0 nitrogen and oxygen atoms in total. The van der Waals surface area contributed by atoms with Crippen molar-refractivity contribution in [3.8, 4) is 0 Å². The van der Waals surface area contributed by atoms with Gasteiger partial charge in [0, 0.05) is 0 Å². The second kappa shape index (κ2) is 3.05. The Kier molecular flexibility index (Phi) is 2.31. The third-order valence-electron chi connectivity index (χ3n) is 1.92. The third-order valence-corrected chi connectivity index (χ3v) is 1.92. The molecular formula is C10H16. The largest absolute Gasteiger partial charge is 0.0802 e. The molecule has 0 unspecified atom stereocenters. The van der Waals surface area contributed by atoms with Gasteiger partial charge in [-0.1, -0.05) is 31.6 Å². The van der Waals surface area contributed by atoms with Crippen LogP contribution >= 0.6 is 0 Å². The molecule has 0 aromatic heterocycles. The van der Waals surface area contributed by atoms with Gasteiger partial charge in [-0.15, -0.1) is 0 Å². The van der Waals surface area contributed by atoms with Gasteiger partial charge in [0.1, 0.15) is 0 Å². The topological polar surface area (TPSA) is 0 Å². The summed E-state index contributed by atoms with van der Waals surface area (Å²) in [4.78, 5) is 0. The third kappa shape index (κ3) is 1.73. The van der Waals surface area contributed by atoms with Crippen LogP contribution in [-0.2, 0) is 0 Å². The van der Waals surface area contributed by atoms with Gasteiger partial charge in [0.05, 0.1) is 0 Å². The van der Waals surface area contributed by atoms with Gasteiger partial charge in [-0.3, -0.25) is 0 Å². The van der Waals surface area contributed by atoms with Crippen LogP contribution in [0.5, 0.6) is 0 Å². The standard InChI is InChI=1S/C10H16/c1-8(2)7-10-6-4-5-9(10)3/h4,6,8H,5,7H2,1-3H3. The first-order valence-electron chi connectivity index (χ1n) is 4.05. The number of rotatable bonds is 2. The zero-order valence-corrected chi connectivity index (χ0v) is 7.15. The van der Waals surface area contributed by atoms with Crippen LogP contribution in [-0.4, -0.2) is 0 Å². The van der Waals surface area contributed by atoms with Gasteiger partial charge in [0.2, 0.25) is 0 Å². The molecule has 1 aliphatic carbocycles. The van der Waals surface area contributed by atoms with E-state index >= 15 is 0 Å². The van der Waals surface area contributed by atoms with Crippen LogP contribution in [0.25, 0.3) is 0 Å². The molecule has 0 heteroatoms. The van der Waals surface area contributed by atoms with Crippen LogP contribution in [0.1, 0.15) is 33.6 Å². The highest BCUT2D eigenvalue weighted by atomic mass is 14.1. The molecule has 0 atom stereocenters. The van der Waals surface area contributed by atoms with Crippen molar-refractivity contribution in [1.29, 1.82) is 0 Å². The monoisotopic (exact) mass is 136 g/mol. The summed E-state index contributed by atoms with van der Waals surface area (Å²) in [5, 5.41) is 0. The van der Waals surface area contributed by atoms with Gasteiger partial charge in [-0.2, -0.15) is 0 Å². The highest BCUT2D eigenvalue weighted by Crippen LogP contribution is 2.23. The van der Waals surface area contributed by atoms with Crippen LogP contribution in [0.15, 0.2) is 23.3 Å². The molecule has 0 aromatic rings.